The lowest BCUT2D eigenvalue weighted by molar-refractivity contribution is 0.144. The molecule has 0 bridgehead atoms. The van der Waals surface area contributed by atoms with E-state index in [1.807, 2.05) is 55.6 Å². The second-order valence-electron chi connectivity index (χ2n) is 6.01. The summed E-state index contributed by atoms with van der Waals surface area (Å²) in [5.41, 5.74) is 4.49. The molecule has 0 spiro atoms. The minimum atomic E-state index is -0.527. The van der Waals surface area contributed by atoms with E-state index in [0.717, 1.165) is 17.7 Å². The molecule has 2 unspecified atom stereocenters. The highest BCUT2D eigenvalue weighted by atomic mass is 16.3. The van der Waals surface area contributed by atoms with Gasteiger partial charge in [-0.1, -0.05) is 84.9 Å². The molecule has 0 saturated heterocycles. The largest absolute Gasteiger partial charge is 0.388 e. The zero-order valence-electron chi connectivity index (χ0n) is 13.9. The molecule has 2 N–H and O–H groups in total. The molecule has 2 heteroatoms. The Labute approximate surface area is 143 Å². The van der Waals surface area contributed by atoms with Gasteiger partial charge in [0.2, 0.25) is 0 Å². The van der Waals surface area contributed by atoms with E-state index in [1.165, 1.54) is 11.1 Å². The maximum atomic E-state index is 10.8. The fraction of sp³-hybridized carbons (Fsp3) is 0.182. The van der Waals surface area contributed by atoms with Gasteiger partial charge in [-0.3, -0.25) is 0 Å². The van der Waals surface area contributed by atoms with Crippen LogP contribution in [0.3, 0.4) is 0 Å². The smallest absolute Gasteiger partial charge is 0.0870 e. The lowest BCUT2D eigenvalue weighted by Gasteiger charge is -2.24. The monoisotopic (exact) mass is 317 g/mol. The van der Waals surface area contributed by atoms with E-state index in [-0.39, 0.29) is 5.92 Å². The SMILES string of the molecule is CNCC(c1ccc(-c2ccccc2)cc1)C(O)c1ccccc1. The lowest BCUT2D eigenvalue weighted by atomic mass is 9.88. The van der Waals surface area contributed by atoms with E-state index in [4.69, 9.17) is 0 Å². The third kappa shape index (κ3) is 3.73. The highest BCUT2D eigenvalue weighted by Crippen LogP contribution is 2.31. The van der Waals surface area contributed by atoms with Crippen molar-refractivity contribution in [1.82, 2.24) is 5.32 Å². The van der Waals surface area contributed by atoms with Gasteiger partial charge in [-0.15, -0.1) is 0 Å². The Morgan fingerprint density at radius 2 is 1.25 bits per heavy atom. The molecule has 0 aliphatic heterocycles. The van der Waals surface area contributed by atoms with Crippen molar-refractivity contribution < 1.29 is 5.11 Å². The maximum Gasteiger partial charge on any atom is 0.0870 e. The molecule has 0 amide bonds. The minimum Gasteiger partial charge on any atom is -0.388 e. The molecule has 0 radical (unpaired) electrons. The van der Waals surface area contributed by atoms with Gasteiger partial charge in [-0.2, -0.15) is 0 Å². The van der Waals surface area contributed by atoms with Gasteiger partial charge in [0, 0.05) is 12.5 Å². The molecule has 3 aromatic carbocycles. The second kappa shape index (κ2) is 7.91. The summed E-state index contributed by atoms with van der Waals surface area (Å²) in [7, 11) is 1.92. The van der Waals surface area contributed by atoms with Crippen molar-refractivity contribution in [3.63, 3.8) is 0 Å². The van der Waals surface area contributed by atoms with E-state index < -0.39 is 6.10 Å². The van der Waals surface area contributed by atoms with Crippen LogP contribution in [0.15, 0.2) is 84.9 Å². The van der Waals surface area contributed by atoms with Crippen molar-refractivity contribution >= 4 is 0 Å². The van der Waals surface area contributed by atoms with Gasteiger partial charge >= 0.3 is 0 Å². The number of hydrogen-bond acceptors (Lipinski definition) is 2. The van der Waals surface area contributed by atoms with Gasteiger partial charge in [-0.25, -0.2) is 0 Å². The molecular formula is C22H23NO. The van der Waals surface area contributed by atoms with Crippen molar-refractivity contribution in [2.24, 2.45) is 0 Å². The van der Waals surface area contributed by atoms with Crippen molar-refractivity contribution in [3.8, 4) is 11.1 Å². The summed E-state index contributed by atoms with van der Waals surface area (Å²) in [6.45, 7) is 0.723. The first-order valence-electron chi connectivity index (χ1n) is 8.32. The Morgan fingerprint density at radius 3 is 1.83 bits per heavy atom. The molecule has 2 nitrogen and oxygen atoms in total. The van der Waals surface area contributed by atoms with Gasteiger partial charge < -0.3 is 10.4 Å². The summed E-state index contributed by atoms with van der Waals surface area (Å²) in [6, 6.07) is 28.7. The normalized spacial score (nSPS) is 13.4. The predicted molar refractivity (Wildman–Crippen MR) is 99.9 cm³/mol. The lowest BCUT2D eigenvalue weighted by Crippen LogP contribution is -2.23. The number of rotatable bonds is 6. The number of aliphatic hydroxyl groups excluding tert-OH is 1. The molecule has 2 atom stereocenters. The first-order valence-corrected chi connectivity index (χ1v) is 8.32. The predicted octanol–water partition coefficient (Wildman–Crippen LogP) is 4.39. The summed E-state index contributed by atoms with van der Waals surface area (Å²) < 4.78 is 0. The molecule has 0 saturated carbocycles. The highest BCUT2D eigenvalue weighted by molar-refractivity contribution is 5.63. The van der Waals surface area contributed by atoms with E-state index >= 15 is 0 Å². The first kappa shape index (κ1) is 16.4. The fourth-order valence-electron chi connectivity index (χ4n) is 3.07. The van der Waals surface area contributed by atoms with Crippen LogP contribution in [0, 0.1) is 0 Å². The van der Waals surface area contributed by atoms with Gasteiger partial charge in [0.1, 0.15) is 0 Å². The molecule has 0 aliphatic carbocycles. The molecule has 0 heterocycles. The van der Waals surface area contributed by atoms with E-state index in [2.05, 4.69) is 41.7 Å². The first-order chi connectivity index (χ1) is 11.8. The van der Waals surface area contributed by atoms with Crippen molar-refractivity contribution in [1.29, 1.82) is 0 Å². The number of hydrogen-bond donors (Lipinski definition) is 2. The van der Waals surface area contributed by atoms with Gasteiger partial charge in [-0.05, 0) is 29.3 Å². The highest BCUT2D eigenvalue weighted by Gasteiger charge is 2.22. The Morgan fingerprint density at radius 1 is 0.708 bits per heavy atom. The van der Waals surface area contributed by atoms with Gasteiger partial charge in [0.15, 0.2) is 0 Å². The maximum absolute atomic E-state index is 10.8. The Bertz CT molecular complexity index is 738. The number of likely N-dealkylation sites (N-methyl/N-ethyl adjacent to an activating group) is 1. The van der Waals surface area contributed by atoms with Crippen molar-refractivity contribution in [2.75, 3.05) is 13.6 Å². The van der Waals surface area contributed by atoms with Crippen LogP contribution >= 0.6 is 0 Å². The van der Waals surface area contributed by atoms with Crippen LogP contribution in [-0.2, 0) is 0 Å². The van der Waals surface area contributed by atoms with Crippen LogP contribution in [0.5, 0.6) is 0 Å². The summed E-state index contributed by atoms with van der Waals surface area (Å²) in [5, 5.41) is 14.0. The summed E-state index contributed by atoms with van der Waals surface area (Å²) in [5.74, 6) is 0.0159. The summed E-state index contributed by atoms with van der Waals surface area (Å²) >= 11 is 0. The van der Waals surface area contributed by atoms with Crippen LogP contribution in [0.4, 0.5) is 0 Å². The van der Waals surface area contributed by atoms with Gasteiger partial charge in [0.25, 0.3) is 0 Å². The van der Waals surface area contributed by atoms with Crippen LogP contribution in [0.1, 0.15) is 23.1 Å². The van der Waals surface area contributed by atoms with Crippen LogP contribution in [-0.4, -0.2) is 18.7 Å². The molecule has 0 aromatic heterocycles. The Balaban J connectivity index is 1.86. The number of benzene rings is 3. The molecule has 0 aliphatic rings. The molecule has 0 fully saturated rings. The number of aliphatic hydroxyl groups is 1. The molecule has 24 heavy (non-hydrogen) atoms. The Hall–Kier alpha value is -2.42. The van der Waals surface area contributed by atoms with E-state index in [1.54, 1.807) is 0 Å². The van der Waals surface area contributed by atoms with Gasteiger partial charge in [0.05, 0.1) is 6.10 Å². The van der Waals surface area contributed by atoms with Crippen molar-refractivity contribution in [2.45, 2.75) is 12.0 Å². The fourth-order valence-corrected chi connectivity index (χ4v) is 3.07. The summed E-state index contributed by atoms with van der Waals surface area (Å²) in [6.07, 6.45) is -0.527. The second-order valence-corrected chi connectivity index (χ2v) is 6.01. The van der Waals surface area contributed by atoms with Crippen LogP contribution in [0.25, 0.3) is 11.1 Å². The Kier molecular flexibility index (Phi) is 5.42. The molecule has 122 valence electrons. The summed E-state index contributed by atoms with van der Waals surface area (Å²) in [4.78, 5) is 0. The average molecular weight is 317 g/mol. The standard InChI is InChI=1S/C22H23NO/c1-23-16-21(22(24)20-10-6-3-7-11-20)19-14-12-18(13-15-19)17-8-4-2-5-9-17/h2-15,21-24H,16H2,1H3. The van der Waals surface area contributed by atoms with Crippen LogP contribution in [0.2, 0.25) is 0 Å². The number of nitrogens with one attached hydrogen (secondary N) is 1. The minimum absolute atomic E-state index is 0.0159. The van der Waals surface area contributed by atoms with E-state index in [0.29, 0.717) is 0 Å². The zero-order valence-corrected chi connectivity index (χ0v) is 13.9. The topological polar surface area (TPSA) is 32.3 Å². The third-order valence-corrected chi connectivity index (χ3v) is 4.39. The van der Waals surface area contributed by atoms with Crippen LogP contribution < -0.4 is 5.32 Å². The third-order valence-electron chi connectivity index (χ3n) is 4.39. The molecule has 3 aromatic rings. The molecule has 3 rings (SSSR count). The zero-order chi connectivity index (χ0) is 16.8. The quantitative estimate of drug-likeness (QED) is 0.706. The van der Waals surface area contributed by atoms with Crippen molar-refractivity contribution in [3.05, 3.63) is 96.1 Å². The molecular weight excluding hydrogens is 294 g/mol. The van der Waals surface area contributed by atoms with E-state index in [9.17, 15) is 5.11 Å². The average Bonchev–Trinajstić information content (AvgIpc) is 2.67.